The highest BCUT2D eigenvalue weighted by Gasteiger charge is 2.71. The monoisotopic (exact) mass is 486 g/mol. The quantitative estimate of drug-likeness (QED) is 0.455. The first-order valence-electron chi connectivity index (χ1n) is 13.9. The van der Waals surface area contributed by atoms with E-state index in [0.717, 1.165) is 44.9 Å². The first-order chi connectivity index (χ1) is 16.1. The second-order valence-corrected chi connectivity index (χ2v) is 14.8. The van der Waals surface area contributed by atoms with Crippen molar-refractivity contribution in [3.8, 4) is 0 Å². The number of carboxylic acids is 1. The van der Waals surface area contributed by atoms with Gasteiger partial charge in [-0.15, -0.1) is 0 Å². The lowest BCUT2D eigenvalue weighted by molar-refractivity contribution is -0.211. The maximum absolute atomic E-state index is 13.7. The number of aliphatic hydroxyl groups is 2. The highest BCUT2D eigenvalue weighted by Crippen LogP contribution is 2.75. The molecule has 5 aliphatic rings. The Hall–Kier alpha value is -1.20. The molecule has 0 saturated heterocycles. The molecule has 0 aliphatic heterocycles. The number of carboxylic acid groups (broad SMARTS) is 1. The average molecular weight is 487 g/mol. The molecule has 5 aliphatic carbocycles. The molecule has 35 heavy (non-hydrogen) atoms. The van der Waals surface area contributed by atoms with Crippen molar-refractivity contribution in [1.82, 2.24) is 0 Å². The van der Waals surface area contributed by atoms with E-state index in [9.17, 15) is 24.9 Å². The fraction of sp³-hybridized carbons (Fsp3) is 0.867. The van der Waals surface area contributed by atoms with Gasteiger partial charge in [-0.25, -0.2) is 0 Å². The van der Waals surface area contributed by atoms with Crippen molar-refractivity contribution in [2.75, 3.05) is 6.61 Å². The Balaban J connectivity index is 1.63. The van der Waals surface area contributed by atoms with Crippen molar-refractivity contribution in [1.29, 1.82) is 0 Å². The van der Waals surface area contributed by atoms with Gasteiger partial charge in [0.1, 0.15) is 5.78 Å². The maximum Gasteiger partial charge on any atom is 0.310 e. The van der Waals surface area contributed by atoms with Crippen LogP contribution in [-0.4, -0.2) is 39.8 Å². The SMILES string of the molecule is CC1(C)CCC2(C(=O)O)CCC3(C)C(=CCC4C5(C)C(=O)CC(O)C(C)(CO)C5CCC43C)C2C1. The summed E-state index contributed by atoms with van der Waals surface area (Å²) >= 11 is 0. The van der Waals surface area contributed by atoms with Crippen molar-refractivity contribution in [2.45, 2.75) is 105 Å². The molecule has 3 N–H and O–H groups in total. The number of Topliss-reactive ketones (excluding diaryl/α,β-unsaturated/α-hetero) is 1. The minimum Gasteiger partial charge on any atom is -0.481 e. The van der Waals surface area contributed by atoms with Crippen LogP contribution in [-0.2, 0) is 9.59 Å². The van der Waals surface area contributed by atoms with Gasteiger partial charge in [0.15, 0.2) is 0 Å². The van der Waals surface area contributed by atoms with E-state index in [4.69, 9.17) is 0 Å². The smallest absolute Gasteiger partial charge is 0.310 e. The van der Waals surface area contributed by atoms with E-state index in [-0.39, 0.29) is 52.8 Å². The Morgan fingerprint density at radius 2 is 1.66 bits per heavy atom. The molecule has 0 spiro atoms. The number of fused-ring (bicyclic) bond motifs is 7. The van der Waals surface area contributed by atoms with E-state index in [1.54, 1.807) is 0 Å². The van der Waals surface area contributed by atoms with Gasteiger partial charge in [-0.05, 0) is 85.4 Å². The molecule has 4 fully saturated rings. The lowest BCUT2D eigenvalue weighted by Gasteiger charge is -2.70. The first-order valence-corrected chi connectivity index (χ1v) is 13.9. The lowest BCUT2D eigenvalue weighted by Crippen LogP contribution is -2.68. The van der Waals surface area contributed by atoms with Crippen LogP contribution in [0.4, 0.5) is 0 Å². The van der Waals surface area contributed by atoms with Gasteiger partial charge in [-0.1, -0.05) is 53.2 Å². The first kappa shape index (κ1) is 25.4. The Kier molecular flexibility index (Phi) is 5.40. The van der Waals surface area contributed by atoms with Crippen LogP contribution in [0.3, 0.4) is 0 Å². The molecule has 5 nitrogen and oxygen atoms in total. The number of hydrogen-bond donors (Lipinski definition) is 3. The molecule has 4 saturated carbocycles. The normalized spacial score (nSPS) is 52.9. The number of allylic oxidation sites excluding steroid dienone is 2. The zero-order valence-corrected chi connectivity index (χ0v) is 22.6. The fourth-order valence-corrected chi connectivity index (χ4v) is 10.4. The summed E-state index contributed by atoms with van der Waals surface area (Å²) in [5.74, 6) is -0.353. The maximum atomic E-state index is 13.7. The van der Waals surface area contributed by atoms with Gasteiger partial charge in [0, 0.05) is 17.3 Å². The molecule has 0 bridgehead atoms. The summed E-state index contributed by atoms with van der Waals surface area (Å²) in [7, 11) is 0. The van der Waals surface area contributed by atoms with E-state index < -0.39 is 28.3 Å². The van der Waals surface area contributed by atoms with Gasteiger partial charge in [-0.2, -0.15) is 0 Å². The van der Waals surface area contributed by atoms with E-state index in [1.807, 2.05) is 6.92 Å². The van der Waals surface area contributed by atoms with Crippen molar-refractivity contribution < 1.29 is 24.9 Å². The highest BCUT2D eigenvalue weighted by molar-refractivity contribution is 5.87. The Morgan fingerprint density at radius 3 is 2.29 bits per heavy atom. The Labute approximate surface area is 210 Å². The van der Waals surface area contributed by atoms with Crippen molar-refractivity contribution in [3.05, 3.63) is 11.6 Å². The molecule has 9 unspecified atom stereocenters. The van der Waals surface area contributed by atoms with Crippen LogP contribution in [0.25, 0.3) is 0 Å². The van der Waals surface area contributed by atoms with Gasteiger partial charge in [0.2, 0.25) is 0 Å². The predicted molar refractivity (Wildman–Crippen MR) is 134 cm³/mol. The zero-order chi connectivity index (χ0) is 25.8. The minimum atomic E-state index is -0.803. The molecule has 9 atom stereocenters. The molecule has 0 aromatic heterocycles. The molecule has 5 rings (SSSR count). The van der Waals surface area contributed by atoms with E-state index in [2.05, 4.69) is 40.7 Å². The van der Waals surface area contributed by atoms with Crippen LogP contribution in [0.1, 0.15) is 99.3 Å². The fourth-order valence-electron chi connectivity index (χ4n) is 10.4. The molecule has 0 aromatic rings. The van der Waals surface area contributed by atoms with Gasteiger partial charge in [0.05, 0.1) is 18.1 Å². The molecule has 0 radical (unpaired) electrons. The molecule has 0 amide bonds. The summed E-state index contributed by atoms with van der Waals surface area (Å²) in [4.78, 5) is 26.5. The number of carbonyl (C=O) groups excluding carboxylic acids is 1. The molecular formula is C30H46O5. The van der Waals surface area contributed by atoms with Crippen LogP contribution < -0.4 is 0 Å². The number of aliphatic carboxylic acids is 1. The van der Waals surface area contributed by atoms with Gasteiger partial charge >= 0.3 is 5.97 Å². The largest absolute Gasteiger partial charge is 0.481 e. The summed E-state index contributed by atoms with van der Waals surface area (Å²) in [6.07, 6.45) is 8.38. The lowest BCUT2D eigenvalue weighted by atomic mass is 9.33. The van der Waals surface area contributed by atoms with Crippen molar-refractivity contribution >= 4 is 11.8 Å². The van der Waals surface area contributed by atoms with Crippen LogP contribution >= 0.6 is 0 Å². The van der Waals surface area contributed by atoms with Gasteiger partial charge in [-0.3, -0.25) is 9.59 Å². The van der Waals surface area contributed by atoms with E-state index in [1.165, 1.54) is 5.57 Å². The number of hydrogen-bond acceptors (Lipinski definition) is 4. The van der Waals surface area contributed by atoms with Crippen LogP contribution in [0.2, 0.25) is 0 Å². The number of carbonyl (C=O) groups is 2. The molecule has 5 heteroatoms. The zero-order valence-electron chi connectivity index (χ0n) is 22.6. The summed E-state index contributed by atoms with van der Waals surface area (Å²) in [5.41, 5.74) is -0.716. The van der Waals surface area contributed by atoms with E-state index in [0.29, 0.717) is 6.42 Å². The second-order valence-electron chi connectivity index (χ2n) is 14.8. The minimum absolute atomic E-state index is 0.0526. The number of rotatable bonds is 2. The standard InChI is InChI=1S/C30H46O5/c1-25(2)11-13-30(24(34)35)14-12-27(4)18(19(30)16-25)7-8-21-28(27,5)10-9-20-26(3,17-31)22(32)15-23(33)29(20,21)6/h7,19-22,31-32H,8-17H2,1-6H3,(H,34,35). The van der Waals surface area contributed by atoms with Gasteiger partial charge < -0.3 is 15.3 Å². The summed E-state index contributed by atoms with van der Waals surface area (Å²) in [5, 5.41) is 31.7. The van der Waals surface area contributed by atoms with Crippen LogP contribution in [0.15, 0.2) is 11.6 Å². The highest BCUT2D eigenvalue weighted by atomic mass is 16.4. The van der Waals surface area contributed by atoms with Crippen LogP contribution in [0, 0.1) is 50.2 Å². The van der Waals surface area contributed by atoms with Crippen molar-refractivity contribution in [2.24, 2.45) is 50.2 Å². The molecule has 196 valence electrons. The molecular weight excluding hydrogens is 440 g/mol. The summed E-state index contributed by atoms with van der Waals surface area (Å²) < 4.78 is 0. The Morgan fingerprint density at radius 1 is 1.00 bits per heavy atom. The predicted octanol–water partition coefficient (Wildman–Crippen LogP) is 5.39. The third-order valence-electron chi connectivity index (χ3n) is 13.1. The third-order valence-corrected chi connectivity index (χ3v) is 13.1. The third kappa shape index (κ3) is 2.94. The molecule has 0 aromatic carbocycles. The molecule has 0 heterocycles. The van der Waals surface area contributed by atoms with Crippen LogP contribution in [0.5, 0.6) is 0 Å². The van der Waals surface area contributed by atoms with Crippen molar-refractivity contribution in [3.63, 3.8) is 0 Å². The number of ketones is 1. The van der Waals surface area contributed by atoms with Gasteiger partial charge in [0.25, 0.3) is 0 Å². The topological polar surface area (TPSA) is 94.8 Å². The average Bonchev–Trinajstić information content (AvgIpc) is 2.77. The summed E-state index contributed by atoms with van der Waals surface area (Å²) in [6.45, 7) is 13.3. The number of aliphatic hydroxyl groups excluding tert-OH is 2. The summed E-state index contributed by atoms with van der Waals surface area (Å²) in [6, 6.07) is 0. The Bertz CT molecular complexity index is 983. The second kappa shape index (κ2) is 7.43. The van der Waals surface area contributed by atoms with E-state index >= 15 is 0 Å².